The van der Waals surface area contributed by atoms with E-state index in [4.69, 9.17) is 4.42 Å². The molecule has 3 rings (SSSR count). The lowest BCUT2D eigenvalue weighted by Crippen LogP contribution is -2.37. The van der Waals surface area contributed by atoms with Crippen molar-refractivity contribution in [3.63, 3.8) is 0 Å². The molecule has 0 saturated carbocycles. The van der Waals surface area contributed by atoms with Crippen LogP contribution in [0.2, 0.25) is 0 Å². The second-order valence-electron chi connectivity index (χ2n) is 7.39. The molecule has 0 amide bonds. The van der Waals surface area contributed by atoms with Gasteiger partial charge in [-0.25, -0.2) is 4.79 Å². The van der Waals surface area contributed by atoms with Crippen molar-refractivity contribution >= 4 is 16.9 Å². The highest BCUT2D eigenvalue weighted by Crippen LogP contribution is 2.32. The molecule has 0 bridgehead atoms. The van der Waals surface area contributed by atoms with Crippen LogP contribution in [0.5, 0.6) is 5.75 Å². The lowest BCUT2D eigenvalue weighted by Gasteiger charge is -2.19. The second-order valence-corrected chi connectivity index (χ2v) is 7.39. The number of phenols is 1. The van der Waals surface area contributed by atoms with Crippen molar-refractivity contribution in [1.29, 1.82) is 0 Å². The number of hydrogen-bond donors (Lipinski definition) is 3. The first-order valence-electron chi connectivity index (χ1n) is 9.14. The molecule has 1 aromatic carbocycles. The van der Waals surface area contributed by atoms with Gasteiger partial charge in [-0.3, -0.25) is 4.79 Å². The molecule has 1 aliphatic rings. The van der Waals surface area contributed by atoms with Crippen LogP contribution < -0.4 is 10.9 Å². The molecule has 0 saturated heterocycles. The smallest absolute Gasteiger partial charge is 0.339 e. The minimum Gasteiger partial charge on any atom is -0.507 e. The Morgan fingerprint density at radius 2 is 1.92 bits per heavy atom. The number of phenolic OH excluding ortho intramolecular Hbond substituents is 1. The molecule has 140 valence electrons. The first-order valence-corrected chi connectivity index (χ1v) is 9.14. The van der Waals surface area contributed by atoms with Gasteiger partial charge >= 0.3 is 11.6 Å². The normalized spacial score (nSPS) is 15.2. The van der Waals surface area contributed by atoms with Gasteiger partial charge in [0, 0.05) is 17.5 Å². The fraction of sp³-hybridized carbons (Fsp3) is 0.500. The lowest BCUT2D eigenvalue weighted by atomic mass is 9.90. The topological polar surface area (TPSA) is 99.8 Å². The molecule has 0 fully saturated rings. The Bertz CT molecular complexity index is 884. The van der Waals surface area contributed by atoms with E-state index in [1.807, 2.05) is 13.8 Å². The maximum atomic E-state index is 12.4. The number of benzene rings is 1. The zero-order valence-electron chi connectivity index (χ0n) is 15.2. The van der Waals surface area contributed by atoms with Crippen molar-refractivity contribution in [2.24, 2.45) is 5.92 Å². The summed E-state index contributed by atoms with van der Waals surface area (Å²) in [6.07, 6.45) is 4.01. The van der Waals surface area contributed by atoms with Crippen molar-refractivity contribution in [3.05, 3.63) is 39.2 Å². The van der Waals surface area contributed by atoms with Crippen LogP contribution in [0.3, 0.4) is 0 Å². The maximum Gasteiger partial charge on any atom is 0.339 e. The molecule has 0 unspecified atom stereocenters. The van der Waals surface area contributed by atoms with E-state index >= 15 is 0 Å². The van der Waals surface area contributed by atoms with Crippen LogP contribution in [0.25, 0.3) is 11.0 Å². The van der Waals surface area contributed by atoms with Crippen molar-refractivity contribution in [2.75, 3.05) is 0 Å². The Morgan fingerprint density at radius 1 is 1.23 bits per heavy atom. The second kappa shape index (κ2) is 7.50. The van der Waals surface area contributed by atoms with Crippen LogP contribution in [-0.2, 0) is 24.2 Å². The van der Waals surface area contributed by atoms with Crippen LogP contribution in [0.1, 0.15) is 49.8 Å². The molecule has 0 aliphatic heterocycles. The molecule has 1 atom stereocenters. The van der Waals surface area contributed by atoms with E-state index < -0.39 is 12.0 Å². The summed E-state index contributed by atoms with van der Waals surface area (Å²) < 4.78 is 5.54. The third-order valence-electron chi connectivity index (χ3n) is 5.00. The van der Waals surface area contributed by atoms with E-state index in [0.717, 1.165) is 42.2 Å². The van der Waals surface area contributed by atoms with Gasteiger partial charge in [-0.15, -0.1) is 0 Å². The first kappa shape index (κ1) is 18.5. The van der Waals surface area contributed by atoms with E-state index in [1.165, 1.54) is 0 Å². The average molecular weight is 359 g/mol. The van der Waals surface area contributed by atoms with Crippen LogP contribution in [0.4, 0.5) is 0 Å². The van der Waals surface area contributed by atoms with Gasteiger partial charge in [0.1, 0.15) is 17.4 Å². The van der Waals surface area contributed by atoms with Crippen molar-refractivity contribution in [2.45, 2.75) is 58.5 Å². The highest BCUT2D eigenvalue weighted by atomic mass is 16.4. The summed E-state index contributed by atoms with van der Waals surface area (Å²) in [5, 5.41) is 23.5. The summed E-state index contributed by atoms with van der Waals surface area (Å²) >= 11 is 0. The number of carboxylic acids is 1. The average Bonchev–Trinajstić information content (AvgIpc) is 2.59. The van der Waals surface area contributed by atoms with Gasteiger partial charge in [0.05, 0.1) is 5.56 Å². The Morgan fingerprint density at radius 3 is 2.58 bits per heavy atom. The minimum atomic E-state index is -0.933. The summed E-state index contributed by atoms with van der Waals surface area (Å²) in [5.41, 5.74) is 2.17. The van der Waals surface area contributed by atoms with Crippen molar-refractivity contribution in [3.8, 4) is 5.75 Å². The fourth-order valence-corrected chi connectivity index (χ4v) is 3.69. The number of carbonyl (C=O) groups is 1. The van der Waals surface area contributed by atoms with Crippen LogP contribution in [0.15, 0.2) is 21.3 Å². The fourth-order valence-electron chi connectivity index (χ4n) is 3.69. The van der Waals surface area contributed by atoms with E-state index in [1.54, 1.807) is 12.1 Å². The number of hydrogen-bond acceptors (Lipinski definition) is 5. The zero-order valence-corrected chi connectivity index (χ0v) is 15.2. The molecule has 6 heteroatoms. The number of aryl methyl sites for hydroxylation is 1. The number of nitrogens with one attached hydrogen (secondary N) is 1. The third-order valence-corrected chi connectivity index (χ3v) is 5.00. The monoisotopic (exact) mass is 359 g/mol. The molecule has 26 heavy (non-hydrogen) atoms. The molecule has 0 radical (unpaired) electrons. The van der Waals surface area contributed by atoms with Crippen molar-refractivity contribution < 1.29 is 19.4 Å². The third kappa shape index (κ3) is 3.60. The molecule has 1 aromatic heterocycles. The van der Waals surface area contributed by atoms with Crippen LogP contribution in [-0.4, -0.2) is 22.2 Å². The van der Waals surface area contributed by atoms with Gasteiger partial charge in [-0.05, 0) is 55.7 Å². The Hall–Kier alpha value is -2.34. The number of rotatable bonds is 6. The van der Waals surface area contributed by atoms with E-state index in [-0.39, 0.29) is 23.8 Å². The van der Waals surface area contributed by atoms with E-state index in [0.29, 0.717) is 17.6 Å². The Kier molecular flexibility index (Phi) is 5.32. The Balaban J connectivity index is 2.00. The highest BCUT2D eigenvalue weighted by molar-refractivity contribution is 5.86. The maximum absolute atomic E-state index is 12.4. The molecular weight excluding hydrogens is 334 g/mol. The van der Waals surface area contributed by atoms with Crippen LogP contribution >= 0.6 is 0 Å². The molecule has 1 aliphatic carbocycles. The minimum absolute atomic E-state index is 0.00223. The Labute approximate surface area is 151 Å². The van der Waals surface area contributed by atoms with Gasteiger partial charge in [0.15, 0.2) is 0 Å². The van der Waals surface area contributed by atoms with Gasteiger partial charge in [0.25, 0.3) is 0 Å². The van der Waals surface area contributed by atoms with Gasteiger partial charge in [-0.2, -0.15) is 0 Å². The van der Waals surface area contributed by atoms with Crippen molar-refractivity contribution in [1.82, 2.24) is 5.32 Å². The summed E-state index contributed by atoms with van der Waals surface area (Å²) in [4.78, 5) is 23.8. The number of aliphatic carboxylic acids is 1. The number of carboxylic acid groups (broad SMARTS) is 1. The number of fused-ring (bicyclic) bond motifs is 3. The summed E-state index contributed by atoms with van der Waals surface area (Å²) in [6.45, 7) is 4.03. The largest absolute Gasteiger partial charge is 0.507 e. The van der Waals surface area contributed by atoms with Crippen LogP contribution in [0, 0.1) is 5.92 Å². The summed E-state index contributed by atoms with van der Waals surface area (Å²) in [6, 6.07) is 2.64. The summed E-state index contributed by atoms with van der Waals surface area (Å²) in [7, 11) is 0. The molecule has 6 nitrogen and oxygen atoms in total. The SMILES string of the molecule is CC(C)C[C@@H](NCc1c(O)ccc2c3c(c(=O)oc12)CCCC3)C(=O)O. The first-order chi connectivity index (χ1) is 12.4. The standard InChI is InChI=1S/C20H25NO5/c1-11(2)9-16(19(23)24)21-10-15-17(22)8-7-13-12-5-3-4-6-14(12)20(25)26-18(13)15/h7-8,11,16,21-22H,3-6,9-10H2,1-2H3,(H,23,24)/t16-/m1/s1. The molecule has 0 spiro atoms. The summed E-state index contributed by atoms with van der Waals surface area (Å²) in [5.74, 6) is -0.718. The molecule has 1 heterocycles. The molecular formula is C20H25NO5. The van der Waals surface area contributed by atoms with Gasteiger partial charge in [-0.1, -0.05) is 13.8 Å². The van der Waals surface area contributed by atoms with E-state index in [9.17, 15) is 19.8 Å². The quantitative estimate of drug-likeness (QED) is 0.686. The highest BCUT2D eigenvalue weighted by Gasteiger charge is 2.23. The zero-order chi connectivity index (χ0) is 18.8. The number of aromatic hydroxyl groups is 1. The predicted molar refractivity (Wildman–Crippen MR) is 98.5 cm³/mol. The van der Waals surface area contributed by atoms with Gasteiger partial charge < -0.3 is 19.9 Å². The predicted octanol–water partition coefficient (Wildman–Crippen LogP) is 2.97. The molecule has 3 N–H and O–H groups in total. The lowest BCUT2D eigenvalue weighted by molar-refractivity contribution is -0.140. The van der Waals surface area contributed by atoms with E-state index in [2.05, 4.69) is 5.32 Å². The van der Waals surface area contributed by atoms with Gasteiger partial charge in [0.2, 0.25) is 0 Å². The molecule has 2 aromatic rings.